The minimum Gasteiger partial charge on any atom is -0.354 e. The molecule has 0 radical (unpaired) electrons. The van der Waals surface area contributed by atoms with Gasteiger partial charge in [0, 0.05) is 38.9 Å². The maximum Gasteiger partial charge on any atom is 0.217 e. The SMILES string of the molecule is CCC(=O)CCCN1CCC(NC(C)=O)CC1. The number of nitrogens with zero attached hydrogens (tertiary/aromatic N) is 1. The zero-order chi connectivity index (χ0) is 12.7. The van der Waals surface area contributed by atoms with Crippen molar-refractivity contribution < 1.29 is 9.59 Å². The molecule has 1 amide bonds. The van der Waals surface area contributed by atoms with Gasteiger partial charge in [-0.15, -0.1) is 0 Å². The number of rotatable bonds is 6. The van der Waals surface area contributed by atoms with Crippen LogP contribution in [0.2, 0.25) is 0 Å². The molecule has 4 nitrogen and oxygen atoms in total. The van der Waals surface area contributed by atoms with E-state index in [9.17, 15) is 9.59 Å². The van der Waals surface area contributed by atoms with E-state index in [1.807, 2.05) is 6.92 Å². The average Bonchev–Trinajstić information content (AvgIpc) is 2.30. The molecule has 0 spiro atoms. The summed E-state index contributed by atoms with van der Waals surface area (Å²) in [5.74, 6) is 0.426. The molecule has 1 fully saturated rings. The number of Topliss-reactive ketones (excluding diaryl/α,β-unsaturated/α-hetero) is 1. The molecule has 0 unspecified atom stereocenters. The Morgan fingerprint density at radius 3 is 2.47 bits per heavy atom. The first-order valence-corrected chi connectivity index (χ1v) is 6.63. The molecule has 0 aliphatic carbocycles. The van der Waals surface area contributed by atoms with Crippen LogP contribution in [0.1, 0.15) is 46.0 Å². The van der Waals surface area contributed by atoms with Crippen LogP contribution in [0.25, 0.3) is 0 Å². The number of likely N-dealkylation sites (tertiary alicyclic amines) is 1. The summed E-state index contributed by atoms with van der Waals surface area (Å²) >= 11 is 0. The predicted molar refractivity (Wildman–Crippen MR) is 67.8 cm³/mol. The van der Waals surface area contributed by atoms with E-state index in [2.05, 4.69) is 10.2 Å². The molecule has 17 heavy (non-hydrogen) atoms. The van der Waals surface area contributed by atoms with E-state index in [1.165, 1.54) is 0 Å². The number of piperidine rings is 1. The van der Waals surface area contributed by atoms with Crippen molar-refractivity contribution >= 4 is 11.7 Å². The van der Waals surface area contributed by atoms with Crippen LogP contribution in [0, 0.1) is 0 Å². The second-order valence-corrected chi connectivity index (χ2v) is 4.81. The van der Waals surface area contributed by atoms with E-state index in [-0.39, 0.29) is 5.91 Å². The van der Waals surface area contributed by atoms with E-state index in [4.69, 9.17) is 0 Å². The number of carbonyl (C=O) groups excluding carboxylic acids is 2. The molecule has 1 heterocycles. The minimum absolute atomic E-state index is 0.0667. The molecule has 1 aliphatic rings. The first kappa shape index (κ1) is 14.2. The summed E-state index contributed by atoms with van der Waals surface area (Å²) in [5, 5.41) is 2.97. The Bertz CT molecular complexity index is 258. The lowest BCUT2D eigenvalue weighted by Crippen LogP contribution is -2.44. The van der Waals surface area contributed by atoms with Gasteiger partial charge in [0.25, 0.3) is 0 Å². The molecule has 0 saturated carbocycles. The van der Waals surface area contributed by atoms with Crippen molar-refractivity contribution in [3.8, 4) is 0 Å². The van der Waals surface area contributed by atoms with E-state index < -0.39 is 0 Å². The molecule has 1 aliphatic heterocycles. The van der Waals surface area contributed by atoms with Gasteiger partial charge < -0.3 is 10.2 Å². The fourth-order valence-corrected chi connectivity index (χ4v) is 2.26. The van der Waals surface area contributed by atoms with E-state index in [1.54, 1.807) is 6.92 Å². The summed E-state index contributed by atoms with van der Waals surface area (Å²) < 4.78 is 0. The Hall–Kier alpha value is -0.900. The second-order valence-electron chi connectivity index (χ2n) is 4.81. The zero-order valence-corrected chi connectivity index (χ0v) is 11.0. The molecule has 0 aromatic carbocycles. The van der Waals surface area contributed by atoms with Crippen LogP contribution in [0.3, 0.4) is 0 Å². The first-order chi connectivity index (χ1) is 8.11. The smallest absolute Gasteiger partial charge is 0.217 e. The molecule has 0 aromatic heterocycles. The zero-order valence-electron chi connectivity index (χ0n) is 11.0. The molecule has 1 rings (SSSR count). The third-order valence-electron chi connectivity index (χ3n) is 3.32. The van der Waals surface area contributed by atoms with Crippen molar-refractivity contribution in [2.75, 3.05) is 19.6 Å². The quantitative estimate of drug-likeness (QED) is 0.762. The number of carbonyl (C=O) groups is 2. The highest BCUT2D eigenvalue weighted by Crippen LogP contribution is 2.11. The van der Waals surface area contributed by atoms with Gasteiger partial charge in [-0.3, -0.25) is 9.59 Å². The van der Waals surface area contributed by atoms with Crippen molar-refractivity contribution in [3.05, 3.63) is 0 Å². The Balaban J connectivity index is 2.10. The Kier molecular flexibility index (Phi) is 6.19. The topological polar surface area (TPSA) is 49.4 Å². The van der Waals surface area contributed by atoms with Crippen LogP contribution >= 0.6 is 0 Å². The van der Waals surface area contributed by atoms with E-state index >= 15 is 0 Å². The predicted octanol–water partition coefficient (Wildman–Crippen LogP) is 1.35. The minimum atomic E-state index is 0.0667. The first-order valence-electron chi connectivity index (χ1n) is 6.63. The van der Waals surface area contributed by atoms with Gasteiger partial charge in [0.05, 0.1) is 0 Å². The standard InChI is InChI=1S/C13H24N2O2/c1-3-13(17)5-4-8-15-9-6-12(7-10-15)14-11(2)16/h12H,3-10H2,1-2H3,(H,14,16). The number of amides is 1. The summed E-state index contributed by atoms with van der Waals surface area (Å²) in [5.41, 5.74) is 0. The van der Waals surface area contributed by atoms with Gasteiger partial charge in [0.15, 0.2) is 0 Å². The van der Waals surface area contributed by atoms with E-state index in [0.29, 0.717) is 24.7 Å². The lowest BCUT2D eigenvalue weighted by Gasteiger charge is -2.32. The van der Waals surface area contributed by atoms with Crippen LogP contribution in [0.4, 0.5) is 0 Å². The van der Waals surface area contributed by atoms with Gasteiger partial charge in [-0.2, -0.15) is 0 Å². The third kappa shape index (κ3) is 5.82. The number of nitrogens with one attached hydrogen (secondary N) is 1. The molecule has 98 valence electrons. The molecule has 0 aromatic rings. The molecule has 0 atom stereocenters. The Morgan fingerprint density at radius 2 is 1.94 bits per heavy atom. The van der Waals surface area contributed by atoms with Crippen LogP contribution in [0.5, 0.6) is 0 Å². The van der Waals surface area contributed by atoms with Crippen LogP contribution in [-0.2, 0) is 9.59 Å². The maximum absolute atomic E-state index is 11.2. The highest BCUT2D eigenvalue weighted by molar-refractivity contribution is 5.77. The van der Waals surface area contributed by atoms with Crippen molar-refractivity contribution in [2.45, 2.75) is 52.0 Å². The summed E-state index contributed by atoms with van der Waals surface area (Å²) in [4.78, 5) is 24.5. The van der Waals surface area contributed by atoms with Gasteiger partial charge in [0.1, 0.15) is 5.78 Å². The highest BCUT2D eigenvalue weighted by atomic mass is 16.1. The van der Waals surface area contributed by atoms with Crippen molar-refractivity contribution in [2.24, 2.45) is 0 Å². The fourth-order valence-electron chi connectivity index (χ4n) is 2.26. The van der Waals surface area contributed by atoms with Gasteiger partial charge >= 0.3 is 0 Å². The summed E-state index contributed by atoms with van der Waals surface area (Å²) in [6, 6.07) is 0.348. The van der Waals surface area contributed by atoms with Gasteiger partial charge in [-0.05, 0) is 25.8 Å². The Morgan fingerprint density at radius 1 is 1.29 bits per heavy atom. The molecule has 0 bridgehead atoms. The molecular formula is C13H24N2O2. The van der Waals surface area contributed by atoms with Crippen LogP contribution < -0.4 is 5.32 Å². The second kappa shape index (κ2) is 7.43. The van der Waals surface area contributed by atoms with Crippen LogP contribution in [0.15, 0.2) is 0 Å². The number of hydrogen-bond donors (Lipinski definition) is 1. The van der Waals surface area contributed by atoms with Crippen molar-refractivity contribution in [1.82, 2.24) is 10.2 Å². The number of hydrogen-bond acceptors (Lipinski definition) is 3. The normalized spacial score (nSPS) is 18.0. The van der Waals surface area contributed by atoms with Gasteiger partial charge in [-0.25, -0.2) is 0 Å². The number of ketones is 1. The van der Waals surface area contributed by atoms with E-state index in [0.717, 1.165) is 38.9 Å². The largest absolute Gasteiger partial charge is 0.354 e. The highest BCUT2D eigenvalue weighted by Gasteiger charge is 2.19. The third-order valence-corrected chi connectivity index (χ3v) is 3.32. The molecule has 4 heteroatoms. The van der Waals surface area contributed by atoms with Gasteiger partial charge in [-0.1, -0.05) is 6.92 Å². The fraction of sp³-hybridized carbons (Fsp3) is 0.846. The maximum atomic E-state index is 11.2. The summed E-state index contributed by atoms with van der Waals surface area (Å²) in [6.45, 7) is 6.57. The monoisotopic (exact) mass is 240 g/mol. The lowest BCUT2D eigenvalue weighted by atomic mass is 10.0. The Labute approximate surface area is 104 Å². The molecule has 1 saturated heterocycles. The average molecular weight is 240 g/mol. The lowest BCUT2D eigenvalue weighted by molar-refractivity contribution is -0.120. The summed E-state index contributed by atoms with van der Waals surface area (Å²) in [6.07, 6.45) is 4.40. The summed E-state index contributed by atoms with van der Waals surface area (Å²) in [7, 11) is 0. The van der Waals surface area contributed by atoms with Crippen LogP contribution in [-0.4, -0.2) is 42.3 Å². The van der Waals surface area contributed by atoms with Crippen molar-refractivity contribution in [3.63, 3.8) is 0 Å². The molecule has 1 N–H and O–H groups in total. The molecular weight excluding hydrogens is 216 g/mol. The van der Waals surface area contributed by atoms with Crippen molar-refractivity contribution in [1.29, 1.82) is 0 Å². The van der Waals surface area contributed by atoms with Gasteiger partial charge in [0.2, 0.25) is 5.91 Å².